The molecule has 0 saturated heterocycles. The van der Waals surface area contributed by atoms with Crippen LogP contribution in [-0.2, 0) is 38.1 Å². The zero-order valence-corrected chi connectivity index (χ0v) is 22.4. The van der Waals surface area contributed by atoms with E-state index in [4.69, 9.17) is 18.4 Å². The Bertz CT molecular complexity index is 771. The van der Waals surface area contributed by atoms with Crippen molar-refractivity contribution in [1.82, 2.24) is 5.32 Å². The Morgan fingerprint density at radius 1 is 0.788 bits per heavy atom. The van der Waals surface area contributed by atoms with Gasteiger partial charge in [0.25, 0.3) is 10.1 Å². The van der Waals surface area contributed by atoms with E-state index in [-0.39, 0.29) is 25.9 Å². The summed E-state index contributed by atoms with van der Waals surface area (Å²) in [4.78, 5) is 38.0. The number of hydrogen-bond donors (Lipinski definition) is 1. The van der Waals surface area contributed by atoms with Gasteiger partial charge in [-0.25, -0.2) is 9.59 Å². The third kappa shape index (κ3) is 17.3. The minimum Gasteiger partial charge on any atom is -0.460 e. The van der Waals surface area contributed by atoms with Crippen LogP contribution < -0.4 is 5.32 Å². The summed E-state index contributed by atoms with van der Waals surface area (Å²) in [6.07, 6.45) is 0.357. The van der Waals surface area contributed by atoms with Gasteiger partial charge in [0, 0.05) is 0 Å². The summed E-state index contributed by atoms with van der Waals surface area (Å²) < 4.78 is 43.3. The zero-order valence-electron chi connectivity index (χ0n) is 21.6. The molecule has 194 valence electrons. The van der Waals surface area contributed by atoms with E-state index in [1.165, 1.54) is 0 Å². The van der Waals surface area contributed by atoms with Crippen molar-refractivity contribution < 1.29 is 41.2 Å². The summed E-state index contributed by atoms with van der Waals surface area (Å²) in [7, 11) is -3.63. The first-order valence-corrected chi connectivity index (χ1v) is 12.7. The molecular weight excluding hydrogens is 454 g/mol. The Kier molecular flexibility index (Phi) is 11.3. The number of rotatable bonds is 10. The number of carbonyl (C=O) groups excluding carboxylic acids is 3. The molecule has 0 aliphatic rings. The van der Waals surface area contributed by atoms with Gasteiger partial charge in [-0.15, -0.1) is 0 Å². The van der Waals surface area contributed by atoms with E-state index in [0.717, 1.165) is 6.26 Å². The maximum absolute atomic E-state index is 12.8. The van der Waals surface area contributed by atoms with Crippen LogP contribution in [0.5, 0.6) is 0 Å². The highest BCUT2D eigenvalue weighted by Gasteiger charge is 2.34. The Morgan fingerprint density at radius 3 is 1.67 bits per heavy atom. The first-order chi connectivity index (χ1) is 14.6. The monoisotopic (exact) mass is 495 g/mol. The van der Waals surface area contributed by atoms with Crippen LogP contribution in [-0.4, -0.2) is 62.2 Å². The molecule has 0 aliphatic heterocycles. The normalized spacial score (nSPS) is 14.7. The molecule has 0 spiro atoms. The molecule has 0 heterocycles. The molecule has 0 aliphatic carbocycles. The topological polar surface area (TPSA) is 134 Å². The zero-order chi connectivity index (χ0) is 26.3. The van der Waals surface area contributed by atoms with E-state index in [9.17, 15) is 22.8 Å². The van der Waals surface area contributed by atoms with Gasteiger partial charge < -0.3 is 19.5 Å². The maximum atomic E-state index is 12.8. The highest BCUT2D eigenvalue weighted by atomic mass is 32.2. The molecule has 1 amide bonds. The molecule has 0 saturated carbocycles. The summed E-state index contributed by atoms with van der Waals surface area (Å²) in [5.74, 6) is -2.14. The van der Waals surface area contributed by atoms with Crippen LogP contribution in [0.1, 0.15) is 81.6 Å². The Labute approximate surface area is 198 Å². The number of ether oxygens (including phenoxy) is 3. The van der Waals surface area contributed by atoms with Crippen LogP contribution in [0.3, 0.4) is 0 Å². The second-order valence-electron chi connectivity index (χ2n) is 10.9. The molecule has 0 aromatic rings. The number of nitrogens with one attached hydrogen (secondary N) is 1. The molecular formula is C22H41NO9S. The number of hydrogen-bond acceptors (Lipinski definition) is 9. The fourth-order valence-corrected chi connectivity index (χ4v) is 3.00. The van der Waals surface area contributed by atoms with Crippen molar-refractivity contribution in [1.29, 1.82) is 0 Å². The van der Waals surface area contributed by atoms with Gasteiger partial charge in [-0.1, -0.05) is 0 Å². The first-order valence-electron chi connectivity index (χ1n) is 10.9. The molecule has 2 atom stereocenters. The number of carbonyl (C=O) groups is 3. The fourth-order valence-electron chi connectivity index (χ4n) is 2.58. The number of alkyl carbamates (subject to hydrolysis) is 1. The minimum atomic E-state index is -3.63. The van der Waals surface area contributed by atoms with Crippen LogP contribution in [0.25, 0.3) is 0 Å². The van der Waals surface area contributed by atoms with Crippen molar-refractivity contribution in [3.63, 3.8) is 0 Å². The van der Waals surface area contributed by atoms with Crippen LogP contribution in [0.4, 0.5) is 4.79 Å². The predicted octanol–water partition coefficient (Wildman–Crippen LogP) is 3.33. The minimum absolute atomic E-state index is 0.123. The fraction of sp³-hybridized carbons (Fsp3) is 0.864. The van der Waals surface area contributed by atoms with Crippen molar-refractivity contribution in [2.45, 2.75) is 104 Å². The maximum Gasteiger partial charge on any atom is 0.408 e. The lowest BCUT2D eigenvalue weighted by molar-refractivity contribution is -0.163. The average Bonchev–Trinajstić information content (AvgIpc) is 2.50. The van der Waals surface area contributed by atoms with E-state index in [1.54, 1.807) is 62.3 Å². The van der Waals surface area contributed by atoms with Gasteiger partial charge >= 0.3 is 18.0 Å². The quantitative estimate of drug-likeness (QED) is 0.209. The van der Waals surface area contributed by atoms with Gasteiger partial charge in [-0.2, -0.15) is 8.42 Å². The Balaban J connectivity index is 5.66. The summed E-state index contributed by atoms with van der Waals surface area (Å²) in [5.41, 5.74) is -2.40. The molecule has 0 aromatic carbocycles. The van der Waals surface area contributed by atoms with Gasteiger partial charge in [0.2, 0.25) is 0 Å². The van der Waals surface area contributed by atoms with E-state index >= 15 is 0 Å². The molecule has 2 unspecified atom stereocenters. The van der Waals surface area contributed by atoms with Gasteiger partial charge in [0.05, 0.1) is 18.8 Å². The Morgan fingerprint density at radius 2 is 1.24 bits per heavy atom. The molecule has 0 aromatic heterocycles. The second kappa shape index (κ2) is 12.0. The lowest BCUT2D eigenvalue weighted by atomic mass is 9.94. The van der Waals surface area contributed by atoms with Crippen LogP contribution >= 0.6 is 0 Å². The van der Waals surface area contributed by atoms with E-state index < -0.39 is 56.9 Å². The van der Waals surface area contributed by atoms with Gasteiger partial charge in [-0.3, -0.25) is 8.98 Å². The van der Waals surface area contributed by atoms with Crippen molar-refractivity contribution in [2.75, 3.05) is 12.9 Å². The highest BCUT2D eigenvalue weighted by Crippen LogP contribution is 2.22. The van der Waals surface area contributed by atoms with Gasteiger partial charge in [0.15, 0.2) is 0 Å². The lowest BCUT2D eigenvalue weighted by Gasteiger charge is -2.29. The molecule has 1 N–H and O–H groups in total. The molecule has 10 nitrogen and oxygen atoms in total. The van der Waals surface area contributed by atoms with Gasteiger partial charge in [-0.05, 0) is 81.6 Å². The molecule has 0 rings (SSSR count). The van der Waals surface area contributed by atoms with Gasteiger partial charge in [0.1, 0.15) is 22.8 Å². The highest BCUT2D eigenvalue weighted by molar-refractivity contribution is 7.85. The standard InChI is InChI=1S/C22H41NO9S/c1-20(2,3)30-17(24)15(12-11-13-29-33(10,27)28)14-16(18(25)31-21(4,5)6)23-19(26)32-22(7,8)9/h15-16H,11-14H2,1-10H3,(H,23,26). The van der Waals surface area contributed by atoms with Crippen molar-refractivity contribution >= 4 is 28.1 Å². The predicted molar refractivity (Wildman–Crippen MR) is 123 cm³/mol. The third-order valence-corrected chi connectivity index (χ3v) is 4.23. The van der Waals surface area contributed by atoms with E-state index in [2.05, 4.69) is 5.32 Å². The molecule has 0 radical (unpaired) electrons. The molecule has 11 heteroatoms. The molecule has 0 fully saturated rings. The summed E-state index contributed by atoms with van der Waals surface area (Å²) in [6.45, 7) is 15.1. The third-order valence-electron chi connectivity index (χ3n) is 3.64. The summed E-state index contributed by atoms with van der Waals surface area (Å²) in [6, 6.07) is -1.19. The molecule has 0 bridgehead atoms. The SMILES string of the molecule is CC(C)(C)OC(=O)NC(CC(CCCOS(C)(=O)=O)C(=O)OC(C)(C)C)C(=O)OC(C)(C)C. The van der Waals surface area contributed by atoms with E-state index in [1.807, 2.05) is 0 Å². The summed E-state index contributed by atoms with van der Waals surface area (Å²) >= 11 is 0. The smallest absolute Gasteiger partial charge is 0.408 e. The second-order valence-corrected chi connectivity index (χ2v) is 12.5. The van der Waals surface area contributed by atoms with Crippen molar-refractivity contribution in [3.05, 3.63) is 0 Å². The van der Waals surface area contributed by atoms with Crippen LogP contribution in [0, 0.1) is 5.92 Å². The Hall–Kier alpha value is -1.88. The summed E-state index contributed by atoms with van der Waals surface area (Å²) in [5, 5.41) is 2.49. The average molecular weight is 496 g/mol. The number of amides is 1. The first kappa shape index (κ1) is 31.1. The van der Waals surface area contributed by atoms with E-state index in [0.29, 0.717) is 0 Å². The van der Waals surface area contributed by atoms with Crippen LogP contribution in [0.15, 0.2) is 0 Å². The van der Waals surface area contributed by atoms with Crippen molar-refractivity contribution in [2.24, 2.45) is 5.92 Å². The van der Waals surface area contributed by atoms with Crippen LogP contribution in [0.2, 0.25) is 0 Å². The molecule has 33 heavy (non-hydrogen) atoms. The lowest BCUT2D eigenvalue weighted by Crippen LogP contribution is -2.47. The largest absolute Gasteiger partial charge is 0.460 e. The number of esters is 2. The van der Waals surface area contributed by atoms with Crippen molar-refractivity contribution in [3.8, 4) is 0 Å².